The molecule has 1 N–H and O–H groups in total. The van der Waals surface area contributed by atoms with E-state index in [2.05, 4.69) is 10.2 Å². The van der Waals surface area contributed by atoms with Crippen LogP contribution in [0.5, 0.6) is 0 Å². The van der Waals surface area contributed by atoms with Gasteiger partial charge in [0, 0.05) is 23.9 Å². The lowest BCUT2D eigenvalue weighted by atomic mass is 10.1. The number of nitro benzene ring substituents is 1. The van der Waals surface area contributed by atoms with Crippen LogP contribution in [0.4, 0.5) is 11.4 Å². The fourth-order valence-corrected chi connectivity index (χ4v) is 2.54. The summed E-state index contributed by atoms with van der Waals surface area (Å²) in [6.45, 7) is 6.20. The summed E-state index contributed by atoms with van der Waals surface area (Å²) in [5.74, 6) is 0. The van der Waals surface area contributed by atoms with Gasteiger partial charge in [-0.1, -0.05) is 6.07 Å². The summed E-state index contributed by atoms with van der Waals surface area (Å²) >= 11 is 0. The summed E-state index contributed by atoms with van der Waals surface area (Å²) in [6, 6.07) is 5.18. The zero-order valence-electron chi connectivity index (χ0n) is 11.4. The van der Waals surface area contributed by atoms with Crippen LogP contribution in [-0.4, -0.2) is 36.0 Å². The third-order valence-corrected chi connectivity index (χ3v) is 3.67. The van der Waals surface area contributed by atoms with Crippen molar-refractivity contribution in [2.75, 3.05) is 31.5 Å². The number of anilines is 1. The summed E-state index contributed by atoms with van der Waals surface area (Å²) in [5, 5.41) is 14.2. The molecule has 0 bridgehead atoms. The number of nitrogens with zero attached hydrogens (tertiary/aromatic N) is 2. The van der Waals surface area contributed by atoms with Crippen molar-refractivity contribution in [1.82, 2.24) is 4.90 Å². The van der Waals surface area contributed by atoms with Gasteiger partial charge < -0.3 is 10.2 Å². The molecule has 0 amide bonds. The molecule has 104 valence electrons. The second kappa shape index (κ2) is 6.52. The molecule has 1 saturated heterocycles. The highest BCUT2D eigenvalue weighted by Crippen LogP contribution is 2.24. The summed E-state index contributed by atoms with van der Waals surface area (Å²) in [4.78, 5) is 13.0. The van der Waals surface area contributed by atoms with Crippen LogP contribution in [-0.2, 0) is 0 Å². The maximum absolute atomic E-state index is 10.8. The van der Waals surface area contributed by atoms with Crippen molar-refractivity contribution in [3.8, 4) is 0 Å². The molecule has 5 nitrogen and oxygen atoms in total. The Bertz CT molecular complexity index is 442. The third-order valence-electron chi connectivity index (χ3n) is 3.67. The van der Waals surface area contributed by atoms with Gasteiger partial charge in [-0.15, -0.1) is 0 Å². The van der Waals surface area contributed by atoms with Gasteiger partial charge in [0.2, 0.25) is 0 Å². The summed E-state index contributed by atoms with van der Waals surface area (Å²) in [6.07, 6.45) is 3.71. The highest BCUT2D eigenvalue weighted by Gasteiger charge is 2.13. The van der Waals surface area contributed by atoms with E-state index in [4.69, 9.17) is 0 Å². The third kappa shape index (κ3) is 3.67. The number of nitro groups is 1. The molecule has 5 heteroatoms. The molecule has 0 unspecified atom stereocenters. The SMILES string of the molecule is Cc1c(NCCCN2CCCC2)cccc1[N+](=O)[O-]. The van der Waals surface area contributed by atoms with Crippen LogP contribution in [0.25, 0.3) is 0 Å². The molecule has 19 heavy (non-hydrogen) atoms. The monoisotopic (exact) mass is 263 g/mol. The van der Waals surface area contributed by atoms with E-state index in [0.717, 1.165) is 25.2 Å². The second-order valence-electron chi connectivity index (χ2n) is 5.04. The Kier molecular flexibility index (Phi) is 4.74. The quantitative estimate of drug-likeness (QED) is 0.487. The minimum atomic E-state index is -0.329. The smallest absolute Gasteiger partial charge is 0.274 e. The van der Waals surface area contributed by atoms with E-state index < -0.39 is 0 Å². The van der Waals surface area contributed by atoms with Gasteiger partial charge in [-0.2, -0.15) is 0 Å². The predicted octanol–water partition coefficient (Wildman–Crippen LogP) is 2.80. The maximum atomic E-state index is 10.8. The molecule has 1 aliphatic heterocycles. The number of likely N-dealkylation sites (tertiary alicyclic amines) is 1. The van der Waals surface area contributed by atoms with Crippen molar-refractivity contribution >= 4 is 11.4 Å². The van der Waals surface area contributed by atoms with Crippen molar-refractivity contribution in [2.45, 2.75) is 26.2 Å². The largest absolute Gasteiger partial charge is 0.385 e. The van der Waals surface area contributed by atoms with E-state index in [1.54, 1.807) is 19.1 Å². The fourth-order valence-electron chi connectivity index (χ4n) is 2.54. The predicted molar refractivity (Wildman–Crippen MR) is 76.6 cm³/mol. The zero-order chi connectivity index (χ0) is 13.7. The van der Waals surface area contributed by atoms with E-state index in [9.17, 15) is 10.1 Å². The van der Waals surface area contributed by atoms with Gasteiger partial charge in [-0.05, 0) is 51.9 Å². The summed E-state index contributed by atoms with van der Waals surface area (Å²) < 4.78 is 0. The maximum Gasteiger partial charge on any atom is 0.274 e. The van der Waals surface area contributed by atoms with Crippen molar-refractivity contribution < 1.29 is 4.92 Å². The van der Waals surface area contributed by atoms with E-state index in [0.29, 0.717) is 5.56 Å². The fraction of sp³-hybridized carbons (Fsp3) is 0.571. The normalized spacial score (nSPS) is 15.6. The lowest BCUT2D eigenvalue weighted by Gasteiger charge is -2.15. The van der Waals surface area contributed by atoms with E-state index >= 15 is 0 Å². The van der Waals surface area contributed by atoms with Crippen LogP contribution in [0.2, 0.25) is 0 Å². The van der Waals surface area contributed by atoms with Gasteiger partial charge >= 0.3 is 0 Å². The lowest BCUT2D eigenvalue weighted by molar-refractivity contribution is -0.385. The number of hydrogen-bond donors (Lipinski definition) is 1. The van der Waals surface area contributed by atoms with Crippen molar-refractivity contribution in [2.24, 2.45) is 0 Å². The molecule has 0 aromatic heterocycles. The second-order valence-corrected chi connectivity index (χ2v) is 5.04. The molecule has 0 aliphatic carbocycles. The Labute approximate surface area is 113 Å². The summed E-state index contributed by atoms with van der Waals surface area (Å²) in [7, 11) is 0. The van der Waals surface area contributed by atoms with Gasteiger partial charge in [0.05, 0.1) is 4.92 Å². The molecule has 1 aromatic carbocycles. The van der Waals surface area contributed by atoms with E-state index in [1.807, 2.05) is 6.07 Å². The van der Waals surface area contributed by atoms with Crippen LogP contribution in [0, 0.1) is 17.0 Å². The molecular formula is C14H21N3O2. The number of rotatable bonds is 6. The van der Waals surface area contributed by atoms with Gasteiger partial charge in [0.1, 0.15) is 0 Å². The molecule has 1 aliphatic rings. The van der Waals surface area contributed by atoms with Crippen LogP contribution >= 0.6 is 0 Å². The lowest BCUT2D eigenvalue weighted by Crippen LogP contribution is -2.22. The standard InChI is InChI=1S/C14H21N3O2/c1-12-13(6-4-7-14(12)17(18)19)15-8-5-11-16-9-2-3-10-16/h4,6-7,15H,2-3,5,8-11H2,1H3. The molecule has 0 spiro atoms. The van der Waals surface area contributed by atoms with Gasteiger partial charge in [0.25, 0.3) is 5.69 Å². The van der Waals surface area contributed by atoms with Crippen LogP contribution in [0.15, 0.2) is 18.2 Å². The number of hydrogen-bond acceptors (Lipinski definition) is 4. The Morgan fingerprint density at radius 3 is 2.79 bits per heavy atom. The first-order valence-electron chi connectivity index (χ1n) is 6.89. The number of nitrogens with one attached hydrogen (secondary N) is 1. The number of benzene rings is 1. The van der Waals surface area contributed by atoms with Gasteiger partial charge in [-0.25, -0.2) is 0 Å². The highest BCUT2D eigenvalue weighted by atomic mass is 16.6. The van der Waals surface area contributed by atoms with Crippen molar-refractivity contribution in [1.29, 1.82) is 0 Å². The average Bonchev–Trinajstić information content (AvgIpc) is 2.89. The van der Waals surface area contributed by atoms with Crippen LogP contribution in [0.1, 0.15) is 24.8 Å². The molecule has 1 aromatic rings. The van der Waals surface area contributed by atoms with E-state index in [1.165, 1.54) is 25.9 Å². The summed E-state index contributed by atoms with van der Waals surface area (Å²) in [5.41, 5.74) is 1.77. The first kappa shape index (κ1) is 13.8. The topological polar surface area (TPSA) is 58.4 Å². The molecule has 2 rings (SSSR count). The first-order valence-corrected chi connectivity index (χ1v) is 6.89. The Balaban J connectivity index is 1.82. The molecular weight excluding hydrogens is 242 g/mol. The Morgan fingerprint density at radius 2 is 2.11 bits per heavy atom. The van der Waals surface area contributed by atoms with Crippen molar-refractivity contribution in [3.63, 3.8) is 0 Å². The zero-order valence-corrected chi connectivity index (χ0v) is 11.4. The van der Waals surface area contributed by atoms with E-state index in [-0.39, 0.29) is 10.6 Å². The molecule has 1 fully saturated rings. The van der Waals surface area contributed by atoms with Crippen LogP contribution < -0.4 is 5.32 Å². The minimum Gasteiger partial charge on any atom is -0.385 e. The molecule has 1 heterocycles. The highest BCUT2D eigenvalue weighted by molar-refractivity contribution is 5.59. The Hall–Kier alpha value is -1.62. The first-order chi connectivity index (χ1) is 9.18. The van der Waals surface area contributed by atoms with Gasteiger partial charge in [-0.3, -0.25) is 10.1 Å². The van der Waals surface area contributed by atoms with Crippen LogP contribution in [0.3, 0.4) is 0 Å². The molecule has 0 atom stereocenters. The average molecular weight is 263 g/mol. The van der Waals surface area contributed by atoms with Gasteiger partial charge in [0.15, 0.2) is 0 Å². The minimum absolute atomic E-state index is 0.185. The molecule has 0 saturated carbocycles. The van der Waals surface area contributed by atoms with Crippen molar-refractivity contribution in [3.05, 3.63) is 33.9 Å². The molecule has 0 radical (unpaired) electrons. The Morgan fingerprint density at radius 1 is 1.37 bits per heavy atom.